The Morgan fingerprint density at radius 2 is 2.00 bits per heavy atom. The highest BCUT2D eigenvalue weighted by Gasteiger charge is 2.11. The van der Waals surface area contributed by atoms with E-state index < -0.39 is 8.25 Å². The first-order valence-electron chi connectivity index (χ1n) is 0.946. The molecule has 0 saturated carbocycles. The lowest BCUT2D eigenvalue weighted by Crippen LogP contribution is -1.76. The second-order valence-corrected chi connectivity index (χ2v) is 2.45. The summed E-state index contributed by atoms with van der Waals surface area (Å²) in [6.45, 7) is 0. The van der Waals surface area contributed by atoms with Gasteiger partial charge >= 0.3 is 8.25 Å². The van der Waals surface area contributed by atoms with Crippen molar-refractivity contribution < 1.29 is 12.5 Å². The number of rotatable bonds is 0. The van der Waals surface area contributed by atoms with Gasteiger partial charge in [-0.1, -0.05) is 0 Å². The Hall–Kier alpha value is 0.500. The Kier molecular flexibility index (Phi) is 0.961. The van der Waals surface area contributed by atoms with Crippen molar-refractivity contribution in [2.75, 3.05) is 0 Å². The zero-order chi connectivity index (χ0) is 3.70. The van der Waals surface area contributed by atoms with Gasteiger partial charge in [-0.3, -0.25) is 4.57 Å². The molecule has 30 valence electrons. The summed E-state index contributed by atoms with van der Waals surface area (Å²) in [5, 5.41) is 0. The van der Waals surface area contributed by atoms with Gasteiger partial charge in [0.2, 0.25) is 0 Å². The molecule has 1 rings (SSSR count). The van der Waals surface area contributed by atoms with Crippen LogP contribution in [0, 0.1) is 0 Å². The largest absolute Gasteiger partial charge is 0.344 e. The first-order chi connectivity index (χ1) is 2.39. The van der Waals surface area contributed by atoms with E-state index in [1.54, 1.807) is 0 Å². The summed E-state index contributed by atoms with van der Waals surface area (Å²) < 4.78 is 18.0. The molecule has 0 radical (unpaired) electrons. The molecule has 0 amide bonds. The molecule has 0 aromatic rings. The van der Waals surface area contributed by atoms with Crippen LogP contribution >= 0.6 is 20.6 Å². The van der Waals surface area contributed by atoms with Gasteiger partial charge in [0, 0.05) is 0 Å². The first kappa shape index (κ1) is 3.68. The molecule has 1 heterocycles. The van der Waals surface area contributed by atoms with Crippen LogP contribution in [-0.2, 0) is 12.5 Å². The van der Waals surface area contributed by atoms with Crippen LogP contribution in [0.25, 0.3) is 0 Å². The fourth-order valence-electron chi connectivity index (χ4n) is 0.0618. The maximum absolute atomic E-state index is 9.62. The van der Waals surface area contributed by atoms with Crippen LogP contribution in [0.1, 0.15) is 0 Å². The molecule has 0 spiro atoms. The third-order valence-corrected chi connectivity index (χ3v) is 1.84. The second-order valence-electron chi connectivity index (χ2n) is 0.485. The molecule has 0 unspecified atom stereocenters. The molecule has 1 aliphatic heterocycles. The highest BCUT2D eigenvalue weighted by molar-refractivity contribution is 8.00. The van der Waals surface area contributed by atoms with E-state index in [0.717, 1.165) is 12.3 Å². The normalized spacial score (nSPS) is 25.6. The summed E-state index contributed by atoms with van der Waals surface area (Å²) in [6, 6.07) is 0. The Morgan fingerprint density at radius 3 is 2.00 bits per heavy atom. The molecular formula is HO3PS. The minimum atomic E-state index is -1.98. The predicted molar refractivity (Wildman–Crippen MR) is 18.8 cm³/mol. The van der Waals surface area contributed by atoms with Crippen LogP contribution in [0.4, 0.5) is 0 Å². The third-order valence-electron chi connectivity index (χ3n) is 0.204. The van der Waals surface area contributed by atoms with Crippen molar-refractivity contribution in [3.8, 4) is 0 Å². The molecule has 5 heteroatoms. The maximum Gasteiger partial charge on any atom is 0.344 e. The van der Waals surface area contributed by atoms with E-state index in [4.69, 9.17) is 0 Å². The lowest BCUT2D eigenvalue weighted by molar-refractivity contribution is 0.394. The predicted octanol–water partition coefficient (Wildman–Crippen LogP) is 0.986. The average molecular weight is 112 g/mol. The fraction of sp³-hybridized carbons (Fsp3) is 0. The van der Waals surface area contributed by atoms with Gasteiger partial charge in [-0.15, -0.1) is 0 Å². The van der Waals surface area contributed by atoms with Gasteiger partial charge in [-0.2, -0.15) is 0 Å². The van der Waals surface area contributed by atoms with Gasteiger partial charge in [0.05, 0.1) is 0 Å². The molecule has 0 bridgehead atoms. The summed E-state index contributed by atoms with van der Waals surface area (Å²) in [4.78, 5) is 0. The summed E-state index contributed by atoms with van der Waals surface area (Å²) in [5.74, 6) is 0. The highest BCUT2D eigenvalue weighted by Crippen LogP contribution is 2.46. The van der Waals surface area contributed by atoms with Gasteiger partial charge < -0.3 is 0 Å². The second kappa shape index (κ2) is 1.30. The zero-order valence-electron chi connectivity index (χ0n) is 2.13. The van der Waals surface area contributed by atoms with Crippen LogP contribution < -0.4 is 0 Å². The molecule has 3 nitrogen and oxygen atoms in total. The van der Waals surface area contributed by atoms with Gasteiger partial charge in [-0.25, -0.2) is 7.94 Å². The van der Waals surface area contributed by atoms with Crippen molar-refractivity contribution in [3.05, 3.63) is 0 Å². The summed E-state index contributed by atoms with van der Waals surface area (Å²) in [5.41, 5.74) is 0. The zero-order valence-corrected chi connectivity index (χ0v) is 3.95. The van der Waals surface area contributed by atoms with Crippen LogP contribution in [0.15, 0.2) is 0 Å². The SMILES string of the molecule is O=[PH]1OSO1. The number of hydrogen-bond acceptors (Lipinski definition) is 4. The quantitative estimate of drug-likeness (QED) is 0.345. The molecule has 0 aliphatic carbocycles. The van der Waals surface area contributed by atoms with Crippen molar-refractivity contribution in [1.29, 1.82) is 0 Å². The Morgan fingerprint density at radius 1 is 1.60 bits per heavy atom. The van der Waals surface area contributed by atoms with E-state index in [1.165, 1.54) is 0 Å². The standard InChI is InChI=1S/HO3PS/c1-4-2-5-3-4/h4H. The van der Waals surface area contributed by atoms with E-state index >= 15 is 0 Å². The molecule has 1 saturated heterocycles. The molecular weight excluding hydrogens is 111 g/mol. The van der Waals surface area contributed by atoms with Crippen LogP contribution in [0.2, 0.25) is 0 Å². The lowest BCUT2D eigenvalue weighted by atomic mass is 15.7. The molecule has 1 fully saturated rings. The Balaban J connectivity index is 2.32. The Labute approximate surface area is 34.0 Å². The van der Waals surface area contributed by atoms with Gasteiger partial charge in [-0.05, 0) is 0 Å². The van der Waals surface area contributed by atoms with Crippen molar-refractivity contribution in [2.45, 2.75) is 0 Å². The van der Waals surface area contributed by atoms with E-state index in [1.807, 2.05) is 0 Å². The van der Waals surface area contributed by atoms with Crippen molar-refractivity contribution in [1.82, 2.24) is 0 Å². The van der Waals surface area contributed by atoms with Crippen molar-refractivity contribution in [3.63, 3.8) is 0 Å². The minimum absolute atomic E-state index is 0.778. The molecule has 0 aromatic heterocycles. The van der Waals surface area contributed by atoms with Gasteiger partial charge in [0.1, 0.15) is 0 Å². The fourth-order valence-corrected chi connectivity index (χ4v) is 0.556. The molecule has 0 N–H and O–H groups in total. The van der Waals surface area contributed by atoms with E-state index in [-0.39, 0.29) is 0 Å². The summed E-state index contributed by atoms with van der Waals surface area (Å²) in [6.07, 6.45) is 0. The van der Waals surface area contributed by atoms with E-state index in [0.29, 0.717) is 0 Å². The van der Waals surface area contributed by atoms with Crippen LogP contribution in [-0.4, -0.2) is 0 Å². The first-order valence-corrected chi connectivity index (χ1v) is 2.84. The van der Waals surface area contributed by atoms with E-state index in [2.05, 4.69) is 7.94 Å². The highest BCUT2D eigenvalue weighted by atomic mass is 32.2. The number of hydrogen-bond donors (Lipinski definition) is 0. The Bertz CT molecular complexity index is 53.9. The van der Waals surface area contributed by atoms with Crippen LogP contribution in [0.3, 0.4) is 0 Å². The van der Waals surface area contributed by atoms with Crippen molar-refractivity contribution >= 4 is 20.6 Å². The van der Waals surface area contributed by atoms with Crippen LogP contribution in [0.5, 0.6) is 0 Å². The monoisotopic (exact) mass is 112 g/mol. The molecule has 0 aromatic carbocycles. The van der Waals surface area contributed by atoms with Gasteiger partial charge in [0.25, 0.3) is 0 Å². The lowest BCUT2D eigenvalue weighted by Gasteiger charge is -2.05. The maximum atomic E-state index is 9.62. The molecule has 0 atom stereocenters. The van der Waals surface area contributed by atoms with E-state index in [9.17, 15) is 4.57 Å². The summed E-state index contributed by atoms with van der Waals surface area (Å²) in [7, 11) is -1.98. The average Bonchev–Trinajstić information content (AvgIpc) is 1.30. The smallest absolute Gasteiger partial charge is 0.261 e. The van der Waals surface area contributed by atoms with Crippen molar-refractivity contribution in [2.24, 2.45) is 0 Å². The molecule has 5 heavy (non-hydrogen) atoms. The summed E-state index contributed by atoms with van der Waals surface area (Å²) >= 11 is 0.778. The molecule has 1 aliphatic rings. The van der Waals surface area contributed by atoms with Gasteiger partial charge in [0.15, 0.2) is 12.3 Å². The third kappa shape index (κ3) is 0.666. The topological polar surface area (TPSA) is 35.5 Å². The minimum Gasteiger partial charge on any atom is -0.261 e.